The lowest BCUT2D eigenvalue weighted by molar-refractivity contribution is -0.136. The quantitative estimate of drug-likeness (QED) is 0.211. The van der Waals surface area contributed by atoms with Gasteiger partial charge < -0.3 is 24.8 Å². The van der Waals surface area contributed by atoms with Gasteiger partial charge in [0.15, 0.2) is 6.61 Å². The van der Waals surface area contributed by atoms with E-state index in [1.54, 1.807) is 73.8 Å². The first kappa shape index (κ1) is 26.2. The van der Waals surface area contributed by atoms with Crippen molar-refractivity contribution in [2.45, 2.75) is 0 Å². The van der Waals surface area contributed by atoms with E-state index < -0.39 is 11.8 Å². The van der Waals surface area contributed by atoms with Crippen LogP contribution in [-0.4, -0.2) is 44.8 Å². The van der Waals surface area contributed by atoms with E-state index in [1.807, 2.05) is 0 Å². The molecule has 0 radical (unpaired) electrons. The molecule has 186 valence electrons. The maximum atomic E-state index is 12.3. The van der Waals surface area contributed by atoms with Gasteiger partial charge in [0.1, 0.15) is 17.2 Å². The Kier molecular flexibility index (Phi) is 9.40. The Morgan fingerprint density at radius 2 is 1.42 bits per heavy atom. The Labute approximate surface area is 215 Å². The number of halogens is 1. The SMILES string of the molecule is COc1ccc(NC(=O)COc2ccc(Br)cc2/C=N\NC(=O)C(=O)Nc2ccc(OC)cc2)cc1. The molecular formula is C25H23BrN4O6. The van der Waals surface area contributed by atoms with Crippen molar-refractivity contribution in [2.75, 3.05) is 31.5 Å². The third-order valence-corrected chi connectivity index (χ3v) is 5.12. The van der Waals surface area contributed by atoms with Crippen LogP contribution in [0.25, 0.3) is 0 Å². The van der Waals surface area contributed by atoms with Crippen LogP contribution in [0.15, 0.2) is 76.3 Å². The Bertz CT molecular complexity index is 1250. The van der Waals surface area contributed by atoms with E-state index in [0.29, 0.717) is 34.2 Å². The second-order valence-electron chi connectivity index (χ2n) is 7.13. The smallest absolute Gasteiger partial charge is 0.329 e. The third kappa shape index (κ3) is 7.84. The van der Waals surface area contributed by atoms with Gasteiger partial charge in [-0.3, -0.25) is 14.4 Å². The lowest BCUT2D eigenvalue weighted by atomic mass is 10.2. The number of hydrazone groups is 1. The maximum absolute atomic E-state index is 12.3. The fourth-order valence-corrected chi connectivity index (χ4v) is 3.22. The zero-order valence-corrected chi connectivity index (χ0v) is 21.0. The number of hydrogen-bond donors (Lipinski definition) is 3. The standard InChI is InChI=1S/C25H23BrN4O6/c1-34-20-8-4-18(5-9-20)28-23(31)15-36-22-12-3-17(26)13-16(22)14-27-30-25(33)24(32)29-19-6-10-21(35-2)11-7-19/h3-14H,15H2,1-2H3,(H,28,31)(H,29,32)(H,30,33)/b27-14-. The molecule has 10 nitrogen and oxygen atoms in total. The highest BCUT2D eigenvalue weighted by Crippen LogP contribution is 2.22. The van der Waals surface area contributed by atoms with Crippen molar-refractivity contribution in [2.24, 2.45) is 5.10 Å². The molecule has 0 saturated carbocycles. The van der Waals surface area contributed by atoms with Gasteiger partial charge in [-0.25, -0.2) is 5.43 Å². The topological polar surface area (TPSA) is 127 Å². The van der Waals surface area contributed by atoms with Crippen molar-refractivity contribution in [3.8, 4) is 17.2 Å². The molecule has 0 heterocycles. The molecule has 0 fully saturated rings. The van der Waals surface area contributed by atoms with Crippen molar-refractivity contribution in [3.63, 3.8) is 0 Å². The molecule has 3 aromatic rings. The number of rotatable bonds is 9. The average Bonchev–Trinajstić information content (AvgIpc) is 2.89. The number of benzene rings is 3. The van der Waals surface area contributed by atoms with Crippen LogP contribution in [0.2, 0.25) is 0 Å². The maximum Gasteiger partial charge on any atom is 0.329 e. The first-order valence-electron chi connectivity index (χ1n) is 10.5. The minimum atomic E-state index is -0.960. The fraction of sp³-hybridized carbons (Fsp3) is 0.120. The van der Waals surface area contributed by atoms with Crippen LogP contribution in [0, 0.1) is 0 Å². The third-order valence-electron chi connectivity index (χ3n) is 4.63. The molecule has 3 rings (SSSR count). The molecule has 0 bridgehead atoms. The van der Waals surface area contributed by atoms with E-state index in [0.717, 1.165) is 4.47 Å². The van der Waals surface area contributed by atoms with Gasteiger partial charge in [-0.15, -0.1) is 0 Å². The first-order chi connectivity index (χ1) is 17.4. The minimum Gasteiger partial charge on any atom is -0.497 e. The van der Waals surface area contributed by atoms with E-state index in [2.05, 4.69) is 37.1 Å². The van der Waals surface area contributed by atoms with Crippen molar-refractivity contribution in [1.29, 1.82) is 0 Å². The molecule has 3 amide bonds. The van der Waals surface area contributed by atoms with E-state index in [9.17, 15) is 14.4 Å². The molecule has 0 spiro atoms. The van der Waals surface area contributed by atoms with Crippen molar-refractivity contribution in [3.05, 3.63) is 76.8 Å². The highest BCUT2D eigenvalue weighted by molar-refractivity contribution is 9.10. The van der Waals surface area contributed by atoms with Gasteiger partial charge in [0.05, 0.1) is 20.4 Å². The van der Waals surface area contributed by atoms with Crippen LogP contribution in [0.3, 0.4) is 0 Å². The van der Waals surface area contributed by atoms with Gasteiger partial charge in [0.25, 0.3) is 5.91 Å². The summed E-state index contributed by atoms with van der Waals surface area (Å²) in [7, 11) is 3.08. The fourth-order valence-electron chi connectivity index (χ4n) is 2.84. The van der Waals surface area contributed by atoms with Gasteiger partial charge in [-0.05, 0) is 66.7 Å². The number of anilines is 2. The molecule has 3 N–H and O–H groups in total. The zero-order chi connectivity index (χ0) is 25.9. The average molecular weight is 555 g/mol. The number of nitrogens with one attached hydrogen (secondary N) is 3. The lowest BCUT2D eigenvalue weighted by Crippen LogP contribution is -2.32. The largest absolute Gasteiger partial charge is 0.497 e. The van der Waals surface area contributed by atoms with Crippen LogP contribution in [-0.2, 0) is 14.4 Å². The van der Waals surface area contributed by atoms with E-state index in [-0.39, 0.29) is 12.5 Å². The Morgan fingerprint density at radius 3 is 2.00 bits per heavy atom. The summed E-state index contributed by atoms with van der Waals surface area (Å²) in [6.07, 6.45) is 1.31. The number of carbonyl (C=O) groups excluding carboxylic acids is 3. The summed E-state index contributed by atoms with van der Waals surface area (Å²) in [6.45, 7) is -0.259. The summed E-state index contributed by atoms with van der Waals surface area (Å²) in [4.78, 5) is 36.4. The molecule has 0 unspecified atom stereocenters. The van der Waals surface area contributed by atoms with E-state index in [4.69, 9.17) is 14.2 Å². The van der Waals surface area contributed by atoms with Crippen LogP contribution >= 0.6 is 15.9 Å². The molecule has 36 heavy (non-hydrogen) atoms. The monoisotopic (exact) mass is 554 g/mol. The summed E-state index contributed by atoms with van der Waals surface area (Å²) in [5.74, 6) is -0.574. The van der Waals surface area contributed by atoms with Gasteiger partial charge in [0, 0.05) is 21.4 Å². The molecule has 0 aliphatic heterocycles. The highest BCUT2D eigenvalue weighted by atomic mass is 79.9. The van der Waals surface area contributed by atoms with Crippen molar-refractivity contribution in [1.82, 2.24) is 5.43 Å². The summed E-state index contributed by atoms with van der Waals surface area (Å²) in [5, 5.41) is 9.00. The normalized spacial score (nSPS) is 10.4. The lowest BCUT2D eigenvalue weighted by Gasteiger charge is -2.10. The Balaban J connectivity index is 1.55. The molecule has 0 atom stereocenters. The molecule has 0 aliphatic carbocycles. The predicted molar refractivity (Wildman–Crippen MR) is 139 cm³/mol. The number of ether oxygens (including phenoxy) is 3. The van der Waals surface area contributed by atoms with Gasteiger partial charge in [0.2, 0.25) is 0 Å². The number of carbonyl (C=O) groups is 3. The molecular weight excluding hydrogens is 532 g/mol. The van der Waals surface area contributed by atoms with E-state index in [1.165, 1.54) is 13.3 Å². The number of methoxy groups -OCH3 is 2. The second-order valence-corrected chi connectivity index (χ2v) is 8.04. The number of nitrogens with zero attached hydrogens (tertiary/aromatic N) is 1. The predicted octanol–water partition coefficient (Wildman–Crippen LogP) is 3.57. The summed E-state index contributed by atoms with van der Waals surface area (Å²) in [5.41, 5.74) is 3.65. The summed E-state index contributed by atoms with van der Waals surface area (Å²) < 4.78 is 16.5. The molecule has 3 aromatic carbocycles. The summed E-state index contributed by atoms with van der Waals surface area (Å²) >= 11 is 3.36. The number of amides is 3. The van der Waals surface area contributed by atoms with Crippen LogP contribution in [0.1, 0.15) is 5.56 Å². The molecule has 11 heteroatoms. The van der Waals surface area contributed by atoms with Gasteiger partial charge in [-0.2, -0.15) is 5.10 Å². The molecule has 0 aliphatic rings. The second kappa shape index (κ2) is 12.9. The van der Waals surface area contributed by atoms with Gasteiger partial charge >= 0.3 is 11.8 Å². The first-order valence-corrected chi connectivity index (χ1v) is 11.3. The van der Waals surface area contributed by atoms with Crippen LogP contribution in [0.4, 0.5) is 11.4 Å². The number of hydrogen-bond acceptors (Lipinski definition) is 7. The Hall–Kier alpha value is -4.38. The zero-order valence-electron chi connectivity index (χ0n) is 19.4. The minimum absolute atomic E-state index is 0.259. The highest BCUT2D eigenvalue weighted by Gasteiger charge is 2.13. The van der Waals surface area contributed by atoms with Crippen LogP contribution < -0.4 is 30.3 Å². The molecule has 0 aromatic heterocycles. The van der Waals surface area contributed by atoms with Gasteiger partial charge in [-0.1, -0.05) is 15.9 Å². The van der Waals surface area contributed by atoms with E-state index >= 15 is 0 Å². The molecule has 0 saturated heterocycles. The Morgan fingerprint density at radius 1 is 0.833 bits per heavy atom. The van der Waals surface area contributed by atoms with Crippen molar-refractivity contribution < 1.29 is 28.6 Å². The summed E-state index contributed by atoms with van der Waals surface area (Å²) in [6, 6.07) is 18.4. The van der Waals surface area contributed by atoms with Crippen molar-refractivity contribution >= 4 is 51.2 Å². The van der Waals surface area contributed by atoms with Crippen LogP contribution in [0.5, 0.6) is 17.2 Å².